The molecule has 3 rings (SSSR count). The molecule has 0 fully saturated rings. The first-order valence-corrected chi connectivity index (χ1v) is 10.5. The van der Waals surface area contributed by atoms with E-state index >= 15 is 0 Å². The first kappa shape index (κ1) is 23.0. The minimum absolute atomic E-state index is 0.0179. The van der Waals surface area contributed by atoms with E-state index in [0.717, 1.165) is 11.3 Å². The van der Waals surface area contributed by atoms with Crippen molar-refractivity contribution < 1.29 is 23.8 Å². The van der Waals surface area contributed by atoms with Gasteiger partial charge in [0.2, 0.25) is 0 Å². The van der Waals surface area contributed by atoms with Gasteiger partial charge in [0.05, 0.1) is 19.3 Å². The Balaban J connectivity index is 1.85. The number of methoxy groups -OCH3 is 1. The van der Waals surface area contributed by atoms with Crippen LogP contribution in [0.5, 0.6) is 5.75 Å². The van der Waals surface area contributed by atoms with Gasteiger partial charge < -0.3 is 14.2 Å². The topological polar surface area (TPSA) is 61.8 Å². The molecule has 2 aromatic carbocycles. The van der Waals surface area contributed by atoms with Crippen LogP contribution >= 0.6 is 11.6 Å². The normalized spacial score (nSPS) is 20.5. The number of Topliss-reactive ketones (excluding diaryl/α,β-unsaturated/α-hetero) is 1. The predicted molar refractivity (Wildman–Crippen MR) is 119 cm³/mol. The van der Waals surface area contributed by atoms with Gasteiger partial charge in [0, 0.05) is 16.9 Å². The Morgan fingerprint density at radius 3 is 2.52 bits per heavy atom. The summed E-state index contributed by atoms with van der Waals surface area (Å²) in [6, 6.07) is 14.1. The number of hydrogen-bond acceptors (Lipinski definition) is 5. The number of hydrogen-bond donors (Lipinski definition) is 0. The highest BCUT2D eigenvalue weighted by atomic mass is 35.5. The minimum atomic E-state index is -0.654. The number of ketones is 1. The summed E-state index contributed by atoms with van der Waals surface area (Å²) in [6.07, 6.45) is 0.784. The molecule has 0 aromatic heterocycles. The molecule has 0 saturated heterocycles. The van der Waals surface area contributed by atoms with E-state index in [2.05, 4.69) is 0 Å². The third kappa shape index (κ3) is 5.75. The molecule has 1 aliphatic rings. The summed E-state index contributed by atoms with van der Waals surface area (Å²) in [6.45, 7) is 5.89. The molecule has 0 bridgehead atoms. The first-order valence-electron chi connectivity index (χ1n) is 10.1. The van der Waals surface area contributed by atoms with Crippen LogP contribution in [-0.4, -0.2) is 31.1 Å². The minimum Gasteiger partial charge on any atom is -0.497 e. The second-order valence-corrected chi connectivity index (χ2v) is 8.83. The summed E-state index contributed by atoms with van der Waals surface area (Å²) in [4.78, 5) is 25.4. The zero-order valence-corrected chi connectivity index (χ0v) is 18.9. The SMILES string of the molecule is COc1ccc(COC2C=C(C)C(=O)CC(C)(C)C2OC(=O)c2cccc(Cl)c2)cc1. The number of esters is 1. The molecule has 5 nitrogen and oxygen atoms in total. The molecule has 0 aliphatic heterocycles. The molecular formula is C25H27ClO5. The highest BCUT2D eigenvalue weighted by molar-refractivity contribution is 6.30. The van der Waals surface area contributed by atoms with Crippen molar-refractivity contribution in [3.05, 3.63) is 76.3 Å². The fraction of sp³-hybridized carbons (Fsp3) is 0.360. The zero-order chi connectivity index (χ0) is 22.6. The van der Waals surface area contributed by atoms with Gasteiger partial charge in [-0.25, -0.2) is 4.79 Å². The lowest BCUT2D eigenvalue weighted by Crippen LogP contribution is -2.43. The highest BCUT2D eigenvalue weighted by Crippen LogP contribution is 2.37. The Hall–Kier alpha value is -2.63. The lowest BCUT2D eigenvalue weighted by Gasteiger charge is -2.35. The molecule has 2 atom stereocenters. The molecular weight excluding hydrogens is 416 g/mol. The van der Waals surface area contributed by atoms with Gasteiger partial charge >= 0.3 is 5.97 Å². The summed E-state index contributed by atoms with van der Waals surface area (Å²) in [5.74, 6) is 0.275. The van der Waals surface area contributed by atoms with Crippen LogP contribution in [0.2, 0.25) is 5.02 Å². The van der Waals surface area contributed by atoms with Crippen molar-refractivity contribution in [1.82, 2.24) is 0 Å². The second-order valence-electron chi connectivity index (χ2n) is 8.40. The molecule has 2 unspecified atom stereocenters. The number of benzene rings is 2. The number of rotatable bonds is 6. The third-order valence-corrected chi connectivity index (χ3v) is 5.67. The van der Waals surface area contributed by atoms with Gasteiger partial charge in [0.15, 0.2) is 5.78 Å². The smallest absolute Gasteiger partial charge is 0.338 e. The Labute approximate surface area is 188 Å². The Bertz CT molecular complexity index is 978. The van der Waals surface area contributed by atoms with E-state index in [1.807, 2.05) is 38.1 Å². The van der Waals surface area contributed by atoms with Crippen molar-refractivity contribution in [2.24, 2.45) is 5.41 Å². The molecule has 0 N–H and O–H groups in total. The first-order chi connectivity index (χ1) is 14.7. The van der Waals surface area contributed by atoms with Crippen LogP contribution in [0.25, 0.3) is 0 Å². The van der Waals surface area contributed by atoms with Gasteiger partial charge in [-0.05, 0) is 54.5 Å². The van der Waals surface area contributed by atoms with Gasteiger partial charge in [-0.2, -0.15) is 0 Å². The lowest BCUT2D eigenvalue weighted by molar-refractivity contribution is -0.121. The predicted octanol–water partition coefficient (Wildman–Crippen LogP) is 5.40. The van der Waals surface area contributed by atoms with Crippen LogP contribution in [0.15, 0.2) is 60.2 Å². The fourth-order valence-corrected chi connectivity index (χ4v) is 3.79. The van der Waals surface area contributed by atoms with Crippen molar-refractivity contribution in [1.29, 1.82) is 0 Å². The van der Waals surface area contributed by atoms with Gasteiger partial charge in [-0.15, -0.1) is 0 Å². The summed E-state index contributed by atoms with van der Waals surface area (Å²) < 4.78 is 17.3. The van der Waals surface area contributed by atoms with Crippen molar-refractivity contribution in [3.63, 3.8) is 0 Å². The second kappa shape index (κ2) is 9.67. The van der Waals surface area contributed by atoms with Gasteiger partial charge in [0.25, 0.3) is 0 Å². The van der Waals surface area contributed by atoms with Crippen LogP contribution in [0, 0.1) is 5.41 Å². The molecule has 0 radical (unpaired) electrons. The standard InChI is InChI=1S/C25H27ClO5/c1-16-12-22(30-15-17-8-10-20(29-4)11-9-17)23(25(2,3)14-21(16)27)31-24(28)18-6-5-7-19(26)13-18/h5-13,22-23H,14-15H2,1-4H3. The lowest BCUT2D eigenvalue weighted by atomic mass is 9.80. The van der Waals surface area contributed by atoms with Crippen LogP contribution < -0.4 is 4.74 Å². The van der Waals surface area contributed by atoms with E-state index in [0.29, 0.717) is 22.8 Å². The molecule has 1 aliphatic carbocycles. The van der Waals surface area contributed by atoms with E-state index in [4.69, 9.17) is 25.8 Å². The Morgan fingerprint density at radius 2 is 1.87 bits per heavy atom. The Kier molecular flexibility index (Phi) is 7.19. The molecule has 6 heteroatoms. The summed E-state index contributed by atoms with van der Waals surface area (Å²) in [5, 5.41) is 0.452. The quantitative estimate of drug-likeness (QED) is 0.560. The third-order valence-electron chi connectivity index (χ3n) is 5.43. The Morgan fingerprint density at radius 1 is 1.16 bits per heavy atom. The number of halogens is 1. The highest BCUT2D eigenvalue weighted by Gasteiger charge is 2.43. The van der Waals surface area contributed by atoms with Gasteiger partial charge in [0.1, 0.15) is 18.0 Å². The van der Waals surface area contributed by atoms with E-state index in [1.165, 1.54) is 0 Å². The van der Waals surface area contributed by atoms with Crippen molar-refractivity contribution in [3.8, 4) is 5.75 Å². The van der Waals surface area contributed by atoms with Crippen molar-refractivity contribution in [2.75, 3.05) is 7.11 Å². The molecule has 0 heterocycles. The van der Waals surface area contributed by atoms with Crippen molar-refractivity contribution >= 4 is 23.4 Å². The average molecular weight is 443 g/mol. The maximum absolute atomic E-state index is 12.9. The molecule has 31 heavy (non-hydrogen) atoms. The van der Waals surface area contributed by atoms with Crippen molar-refractivity contribution in [2.45, 2.75) is 46.0 Å². The number of carbonyl (C=O) groups excluding carboxylic acids is 2. The maximum atomic E-state index is 12.9. The largest absolute Gasteiger partial charge is 0.497 e. The van der Waals surface area contributed by atoms with Crippen LogP contribution in [-0.2, 0) is 20.9 Å². The van der Waals surface area contributed by atoms with E-state index in [9.17, 15) is 9.59 Å². The molecule has 164 valence electrons. The van der Waals surface area contributed by atoms with Gasteiger partial charge in [-0.1, -0.05) is 43.6 Å². The van der Waals surface area contributed by atoms with Crippen LogP contribution in [0.4, 0.5) is 0 Å². The summed E-state index contributed by atoms with van der Waals surface area (Å²) >= 11 is 6.02. The van der Waals surface area contributed by atoms with E-state index in [1.54, 1.807) is 44.4 Å². The average Bonchev–Trinajstić information content (AvgIpc) is 2.81. The molecule has 0 amide bonds. The van der Waals surface area contributed by atoms with E-state index in [-0.39, 0.29) is 12.2 Å². The van der Waals surface area contributed by atoms with E-state index < -0.39 is 23.6 Å². The fourth-order valence-electron chi connectivity index (χ4n) is 3.60. The summed E-state index contributed by atoms with van der Waals surface area (Å²) in [7, 11) is 1.61. The van der Waals surface area contributed by atoms with Crippen LogP contribution in [0.3, 0.4) is 0 Å². The number of carbonyl (C=O) groups is 2. The molecule has 0 spiro atoms. The van der Waals surface area contributed by atoms with Crippen LogP contribution in [0.1, 0.15) is 43.1 Å². The molecule has 0 saturated carbocycles. The zero-order valence-electron chi connectivity index (χ0n) is 18.2. The monoisotopic (exact) mass is 442 g/mol. The molecule has 2 aromatic rings. The maximum Gasteiger partial charge on any atom is 0.338 e. The van der Waals surface area contributed by atoms with Gasteiger partial charge in [-0.3, -0.25) is 4.79 Å². The number of ether oxygens (including phenoxy) is 3. The number of allylic oxidation sites excluding steroid dienone is 1. The summed E-state index contributed by atoms with van der Waals surface area (Å²) in [5.41, 5.74) is 1.28.